The minimum Gasteiger partial charge on any atom is -0.490 e. The Labute approximate surface area is 136 Å². The third-order valence-electron chi connectivity index (χ3n) is 4.59. The lowest BCUT2D eigenvalue weighted by molar-refractivity contribution is -0.122. The lowest BCUT2D eigenvalue weighted by Crippen LogP contribution is -2.41. The van der Waals surface area contributed by atoms with Crippen LogP contribution in [0.15, 0.2) is 24.3 Å². The summed E-state index contributed by atoms with van der Waals surface area (Å²) in [6.45, 7) is 7.19. The van der Waals surface area contributed by atoms with Crippen LogP contribution in [0.1, 0.15) is 23.9 Å². The van der Waals surface area contributed by atoms with Crippen LogP contribution in [0.3, 0.4) is 0 Å². The molecule has 122 valence electrons. The smallest absolute Gasteiger partial charge is 0.230 e. The fraction of sp³-hybridized carbons (Fsp3) is 0.444. The van der Waals surface area contributed by atoms with E-state index in [9.17, 15) is 4.79 Å². The summed E-state index contributed by atoms with van der Waals surface area (Å²) in [6.07, 6.45) is 0.712. The highest BCUT2D eigenvalue weighted by atomic mass is 16.5. The highest BCUT2D eigenvalue weighted by Crippen LogP contribution is 2.32. The van der Waals surface area contributed by atoms with E-state index in [1.807, 2.05) is 54.7 Å². The van der Waals surface area contributed by atoms with Gasteiger partial charge < -0.3 is 9.64 Å². The van der Waals surface area contributed by atoms with Crippen LogP contribution >= 0.6 is 0 Å². The van der Waals surface area contributed by atoms with Crippen molar-refractivity contribution in [3.05, 3.63) is 41.2 Å². The van der Waals surface area contributed by atoms with Gasteiger partial charge in [-0.1, -0.05) is 19.1 Å². The topological polar surface area (TPSA) is 47.4 Å². The quantitative estimate of drug-likeness (QED) is 0.875. The van der Waals surface area contributed by atoms with Crippen molar-refractivity contribution in [1.82, 2.24) is 9.78 Å². The van der Waals surface area contributed by atoms with E-state index in [0.717, 1.165) is 22.8 Å². The maximum Gasteiger partial charge on any atom is 0.230 e. The molecular formula is C18H23N3O2. The second-order valence-corrected chi connectivity index (χ2v) is 6.18. The lowest BCUT2D eigenvalue weighted by Gasteiger charge is -2.31. The minimum atomic E-state index is -0.0947. The molecule has 0 spiro atoms. The normalized spacial score (nSPS) is 15.0. The molecule has 1 aromatic heterocycles. The second-order valence-electron chi connectivity index (χ2n) is 6.18. The second kappa shape index (κ2) is 6.07. The maximum atomic E-state index is 12.9. The number of amides is 1. The molecule has 1 amide bonds. The highest BCUT2D eigenvalue weighted by molar-refractivity contribution is 5.96. The summed E-state index contributed by atoms with van der Waals surface area (Å²) in [4.78, 5) is 14.8. The number of para-hydroxylation sites is 2. The number of rotatable bonds is 3. The molecule has 1 aliphatic rings. The van der Waals surface area contributed by atoms with Gasteiger partial charge in [-0.3, -0.25) is 9.48 Å². The van der Waals surface area contributed by atoms with Crippen molar-refractivity contribution in [2.24, 2.45) is 13.0 Å². The molecule has 0 bridgehead atoms. The third-order valence-corrected chi connectivity index (χ3v) is 4.59. The molecule has 1 aliphatic heterocycles. The molecule has 0 fully saturated rings. The Balaban J connectivity index is 1.81. The number of hydrogen-bond acceptors (Lipinski definition) is 3. The number of aryl methyl sites for hydroxylation is 2. The van der Waals surface area contributed by atoms with Gasteiger partial charge in [-0.25, -0.2) is 0 Å². The molecule has 0 radical (unpaired) electrons. The zero-order valence-corrected chi connectivity index (χ0v) is 14.2. The Morgan fingerprint density at radius 2 is 2.09 bits per heavy atom. The van der Waals surface area contributed by atoms with E-state index < -0.39 is 0 Å². The summed E-state index contributed by atoms with van der Waals surface area (Å²) < 4.78 is 7.52. The maximum absolute atomic E-state index is 12.9. The summed E-state index contributed by atoms with van der Waals surface area (Å²) in [6, 6.07) is 7.72. The van der Waals surface area contributed by atoms with Crippen LogP contribution in [0.25, 0.3) is 0 Å². The van der Waals surface area contributed by atoms with E-state index in [-0.39, 0.29) is 11.8 Å². The van der Waals surface area contributed by atoms with E-state index in [0.29, 0.717) is 19.6 Å². The molecule has 1 atom stereocenters. The van der Waals surface area contributed by atoms with Crippen molar-refractivity contribution in [3.8, 4) is 5.75 Å². The molecule has 1 unspecified atom stereocenters. The largest absolute Gasteiger partial charge is 0.490 e. The van der Waals surface area contributed by atoms with Crippen LogP contribution in [-0.2, 0) is 18.3 Å². The van der Waals surface area contributed by atoms with Gasteiger partial charge in [0.2, 0.25) is 5.91 Å². The van der Waals surface area contributed by atoms with Crippen molar-refractivity contribution in [2.75, 3.05) is 18.1 Å². The SMILES string of the molecule is Cc1nn(C)c(C)c1CC(C)C(=O)N1CCOc2ccccc21. The minimum absolute atomic E-state index is 0.0947. The standard InChI is InChI=1S/C18H23N3O2/c1-12(11-15-13(2)19-20(4)14(15)3)18(22)21-9-10-23-17-8-6-5-7-16(17)21/h5-8,12H,9-11H2,1-4H3. The third kappa shape index (κ3) is 2.83. The first-order chi connectivity index (χ1) is 11.0. The predicted molar refractivity (Wildman–Crippen MR) is 89.8 cm³/mol. The Kier molecular flexibility index (Phi) is 4.11. The monoisotopic (exact) mass is 313 g/mol. The molecule has 2 heterocycles. The van der Waals surface area contributed by atoms with Crippen molar-refractivity contribution in [1.29, 1.82) is 0 Å². The molecular weight excluding hydrogens is 290 g/mol. The molecule has 0 aliphatic carbocycles. The number of hydrogen-bond donors (Lipinski definition) is 0. The Hall–Kier alpha value is -2.30. The summed E-state index contributed by atoms with van der Waals surface area (Å²) in [5.74, 6) is 0.833. The van der Waals surface area contributed by atoms with Gasteiger partial charge in [-0.2, -0.15) is 5.10 Å². The molecule has 0 saturated heterocycles. The van der Waals surface area contributed by atoms with Crippen LogP contribution in [0, 0.1) is 19.8 Å². The van der Waals surface area contributed by atoms with Crippen LogP contribution in [0.5, 0.6) is 5.75 Å². The van der Waals surface area contributed by atoms with E-state index >= 15 is 0 Å². The number of aromatic nitrogens is 2. The van der Waals surface area contributed by atoms with Crippen LogP contribution in [-0.4, -0.2) is 28.8 Å². The van der Waals surface area contributed by atoms with E-state index in [4.69, 9.17) is 4.74 Å². The number of anilines is 1. The zero-order valence-electron chi connectivity index (χ0n) is 14.2. The fourth-order valence-electron chi connectivity index (χ4n) is 3.17. The fourth-order valence-corrected chi connectivity index (χ4v) is 3.17. The zero-order chi connectivity index (χ0) is 16.6. The average Bonchev–Trinajstić information content (AvgIpc) is 2.80. The van der Waals surface area contributed by atoms with E-state index in [1.165, 1.54) is 5.56 Å². The Bertz CT molecular complexity index is 736. The van der Waals surface area contributed by atoms with Crippen LogP contribution in [0.2, 0.25) is 0 Å². The summed E-state index contributed by atoms with van der Waals surface area (Å²) in [5.41, 5.74) is 4.18. The molecule has 1 aromatic carbocycles. The van der Waals surface area contributed by atoms with Gasteiger partial charge in [-0.15, -0.1) is 0 Å². The molecule has 5 nitrogen and oxygen atoms in total. The lowest BCUT2D eigenvalue weighted by atomic mass is 9.98. The first-order valence-electron chi connectivity index (χ1n) is 8.01. The molecule has 0 N–H and O–H groups in total. The van der Waals surface area contributed by atoms with E-state index in [2.05, 4.69) is 12.0 Å². The molecule has 0 saturated carbocycles. The number of carbonyl (C=O) groups excluding carboxylic acids is 1. The molecule has 3 rings (SSSR count). The van der Waals surface area contributed by atoms with Crippen molar-refractivity contribution in [2.45, 2.75) is 27.2 Å². The first-order valence-corrected chi connectivity index (χ1v) is 8.01. The summed E-state index contributed by atoms with van der Waals surface area (Å²) in [7, 11) is 1.94. The predicted octanol–water partition coefficient (Wildman–Crippen LogP) is 2.64. The molecule has 2 aromatic rings. The van der Waals surface area contributed by atoms with Gasteiger partial charge in [0.1, 0.15) is 12.4 Å². The Morgan fingerprint density at radius 1 is 1.35 bits per heavy atom. The van der Waals surface area contributed by atoms with Gasteiger partial charge in [0.15, 0.2) is 0 Å². The number of fused-ring (bicyclic) bond motifs is 1. The van der Waals surface area contributed by atoms with Gasteiger partial charge in [0.25, 0.3) is 0 Å². The van der Waals surface area contributed by atoms with Crippen LogP contribution in [0.4, 0.5) is 5.69 Å². The number of carbonyl (C=O) groups is 1. The summed E-state index contributed by atoms with van der Waals surface area (Å²) in [5, 5.41) is 4.44. The summed E-state index contributed by atoms with van der Waals surface area (Å²) >= 11 is 0. The van der Waals surface area contributed by atoms with Crippen molar-refractivity contribution < 1.29 is 9.53 Å². The number of ether oxygens (including phenoxy) is 1. The molecule has 5 heteroatoms. The Morgan fingerprint density at radius 3 is 2.78 bits per heavy atom. The average molecular weight is 313 g/mol. The van der Waals surface area contributed by atoms with Crippen LogP contribution < -0.4 is 9.64 Å². The van der Waals surface area contributed by atoms with E-state index in [1.54, 1.807) is 0 Å². The molecule has 23 heavy (non-hydrogen) atoms. The highest BCUT2D eigenvalue weighted by Gasteiger charge is 2.28. The van der Waals surface area contributed by atoms with Crippen molar-refractivity contribution in [3.63, 3.8) is 0 Å². The van der Waals surface area contributed by atoms with Gasteiger partial charge in [0, 0.05) is 18.7 Å². The van der Waals surface area contributed by atoms with Gasteiger partial charge >= 0.3 is 0 Å². The number of nitrogens with zero attached hydrogens (tertiary/aromatic N) is 3. The first kappa shape index (κ1) is 15.6. The van der Waals surface area contributed by atoms with Gasteiger partial charge in [0.05, 0.1) is 17.9 Å². The van der Waals surface area contributed by atoms with Crippen molar-refractivity contribution >= 4 is 11.6 Å². The number of benzene rings is 1. The van der Waals surface area contributed by atoms with Gasteiger partial charge in [-0.05, 0) is 38.0 Å².